The Hall–Kier alpha value is -0.910. The average molecular weight is 337 g/mol. The highest BCUT2D eigenvalue weighted by Gasteiger charge is 2.37. The predicted octanol–water partition coefficient (Wildman–Crippen LogP) is 3.09. The maximum Gasteiger partial charge on any atom is 0.243 e. The molecule has 1 saturated carbocycles. The summed E-state index contributed by atoms with van der Waals surface area (Å²) in [5.41, 5.74) is 7.01. The molecule has 3 rings (SSSR count). The molecule has 2 N–H and O–H groups in total. The van der Waals surface area contributed by atoms with Crippen molar-refractivity contribution in [3.05, 3.63) is 29.8 Å². The second kappa shape index (κ2) is 6.91. The molecule has 1 aliphatic heterocycles. The third-order valence-corrected chi connectivity index (χ3v) is 7.50. The fourth-order valence-electron chi connectivity index (χ4n) is 4.10. The highest BCUT2D eigenvalue weighted by molar-refractivity contribution is 7.89. The fourth-order valence-corrected chi connectivity index (χ4v) is 5.82. The Morgan fingerprint density at radius 2 is 1.78 bits per heavy atom. The van der Waals surface area contributed by atoms with E-state index in [0.717, 1.165) is 6.42 Å². The molecule has 0 bridgehead atoms. The maximum atomic E-state index is 12.9. The summed E-state index contributed by atoms with van der Waals surface area (Å²) in [7, 11) is -3.40. The van der Waals surface area contributed by atoms with Crippen LogP contribution in [-0.4, -0.2) is 31.9 Å². The third kappa shape index (κ3) is 3.47. The van der Waals surface area contributed by atoms with Crippen LogP contribution in [0.5, 0.6) is 0 Å². The third-order valence-electron chi connectivity index (χ3n) is 5.50. The van der Waals surface area contributed by atoms with E-state index in [1.807, 2.05) is 19.1 Å². The van der Waals surface area contributed by atoms with Gasteiger partial charge in [-0.05, 0) is 62.3 Å². The lowest BCUT2D eigenvalue weighted by Crippen LogP contribution is -2.34. The minimum absolute atomic E-state index is 0.0339. The molecule has 0 spiro atoms. The number of sulfonamides is 1. The summed E-state index contributed by atoms with van der Waals surface area (Å²) in [6.07, 6.45) is 7.22. The second-order valence-corrected chi connectivity index (χ2v) is 9.06. The molecule has 2 fully saturated rings. The Morgan fingerprint density at radius 3 is 2.35 bits per heavy atom. The van der Waals surface area contributed by atoms with Crippen LogP contribution in [0.1, 0.15) is 56.9 Å². The number of benzene rings is 1. The zero-order valence-electron chi connectivity index (χ0n) is 13.9. The molecule has 1 aromatic carbocycles. The van der Waals surface area contributed by atoms with Crippen LogP contribution < -0.4 is 5.73 Å². The van der Waals surface area contributed by atoms with Crippen LogP contribution in [0, 0.1) is 5.92 Å². The Labute approximate surface area is 140 Å². The van der Waals surface area contributed by atoms with Crippen molar-refractivity contribution in [2.24, 2.45) is 11.7 Å². The smallest absolute Gasteiger partial charge is 0.243 e. The molecule has 23 heavy (non-hydrogen) atoms. The van der Waals surface area contributed by atoms with Crippen molar-refractivity contribution in [2.45, 2.75) is 62.3 Å². The van der Waals surface area contributed by atoms with Crippen molar-refractivity contribution in [1.29, 1.82) is 0 Å². The number of nitrogens with zero attached hydrogens (tertiary/aromatic N) is 1. The van der Waals surface area contributed by atoms with Crippen molar-refractivity contribution in [3.63, 3.8) is 0 Å². The molecule has 1 aromatic rings. The Balaban J connectivity index is 1.78. The standard InChI is InChI=1S/C18H28N2O2S/c1-14-11-15(12-19)13-20(14)23(21,22)18-9-7-17(8-10-18)16-5-3-2-4-6-16/h7-10,14-16H,2-6,11-13,19H2,1H3. The minimum Gasteiger partial charge on any atom is -0.330 e. The first-order valence-corrected chi connectivity index (χ1v) is 10.3. The summed E-state index contributed by atoms with van der Waals surface area (Å²) < 4.78 is 27.4. The molecular weight excluding hydrogens is 308 g/mol. The van der Waals surface area contributed by atoms with Crippen LogP contribution in [-0.2, 0) is 10.0 Å². The normalized spacial score (nSPS) is 27.4. The first-order valence-electron chi connectivity index (χ1n) is 8.84. The van der Waals surface area contributed by atoms with Crippen LogP contribution >= 0.6 is 0 Å². The van der Waals surface area contributed by atoms with E-state index in [2.05, 4.69) is 0 Å². The lowest BCUT2D eigenvalue weighted by Gasteiger charge is -2.23. The van der Waals surface area contributed by atoms with Gasteiger partial charge in [0.1, 0.15) is 0 Å². The molecular formula is C18H28N2O2S. The van der Waals surface area contributed by atoms with Crippen LogP contribution in [0.2, 0.25) is 0 Å². The predicted molar refractivity (Wildman–Crippen MR) is 92.8 cm³/mol. The van der Waals surface area contributed by atoms with Crippen molar-refractivity contribution in [3.8, 4) is 0 Å². The zero-order chi connectivity index (χ0) is 16.4. The van der Waals surface area contributed by atoms with Gasteiger partial charge in [0.2, 0.25) is 10.0 Å². The van der Waals surface area contributed by atoms with Crippen LogP contribution in [0.25, 0.3) is 0 Å². The van der Waals surface area contributed by atoms with Gasteiger partial charge in [0.25, 0.3) is 0 Å². The first kappa shape index (κ1) is 16.9. The molecule has 5 heteroatoms. The van der Waals surface area contributed by atoms with E-state index in [1.165, 1.54) is 37.7 Å². The lowest BCUT2D eigenvalue weighted by molar-refractivity contribution is 0.404. The van der Waals surface area contributed by atoms with E-state index in [9.17, 15) is 8.42 Å². The van der Waals surface area contributed by atoms with Crippen molar-refractivity contribution < 1.29 is 8.42 Å². The number of nitrogens with two attached hydrogens (primary N) is 1. The van der Waals surface area contributed by atoms with Gasteiger partial charge >= 0.3 is 0 Å². The van der Waals surface area contributed by atoms with Gasteiger partial charge in [-0.3, -0.25) is 0 Å². The first-order chi connectivity index (χ1) is 11.0. The zero-order valence-corrected chi connectivity index (χ0v) is 14.8. The Bertz CT molecular complexity index is 621. The number of hydrogen-bond donors (Lipinski definition) is 1. The largest absolute Gasteiger partial charge is 0.330 e. The Morgan fingerprint density at radius 1 is 1.13 bits per heavy atom. The number of rotatable bonds is 4. The van der Waals surface area contributed by atoms with E-state index in [-0.39, 0.29) is 12.0 Å². The summed E-state index contributed by atoms with van der Waals surface area (Å²) in [6, 6.07) is 7.66. The molecule has 2 aliphatic rings. The quantitative estimate of drug-likeness (QED) is 0.919. The van der Waals surface area contributed by atoms with E-state index in [1.54, 1.807) is 16.4 Å². The molecule has 0 aromatic heterocycles. The fraction of sp³-hybridized carbons (Fsp3) is 0.667. The lowest BCUT2D eigenvalue weighted by atomic mass is 9.84. The molecule has 1 heterocycles. The summed E-state index contributed by atoms with van der Waals surface area (Å²) in [4.78, 5) is 0.418. The van der Waals surface area contributed by atoms with E-state index in [0.29, 0.717) is 23.9 Å². The van der Waals surface area contributed by atoms with Gasteiger partial charge in [-0.2, -0.15) is 4.31 Å². The van der Waals surface area contributed by atoms with Crippen molar-refractivity contribution in [1.82, 2.24) is 4.31 Å². The Kier molecular flexibility index (Phi) is 5.09. The maximum absolute atomic E-state index is 12.9. The van der Waals surface area contributed by atoms with E-state index >= 15 is 0 Å². The van der Waals surface area contributed by atoms with E-state index in [4.69, 9.17) is 5.73 Å². The van der Waals surface area contributed by atoms with Gasteiger partial charge in [-0.25, -0.2) is 8.42 Å². The molecule has 1 aliphatic carbocycles. The topological polar surface area (TPSA) is 63.4 Å². The molecule has 2 atom stereocenters. The van der Waals surface area contributed by atoms with Crippen molar-refractivity contribution in [2.75, 3.05) is 13.1 Å². The molecule has 2 unspecified atom stereocenters. The van der Waals surface area contributed by atoms with Gasteiger partial charge in [-0.1, -0.05) is 31.4 Å². The summed E-state index contributed by atoms with van der Waals surface area (Å²) >= 11 is 0. The van der Waals surface area contributed by atoms with Crippen LogP contribution in [0.15, 0.2) is 29.2 Å². The highest BCUT2D eigenvalue weighted by Crippen LogP contribution is 2.34. The minimum atomic E-state index is -3.40. The van der Waals surface area contributed by atoms with Crippen LogP contribution in [0.3, 0.4) is 0 Å². The summed E-state index contributed by atoms with van der Waals surface area (Å²) in [5.74, 6) is 0.883. The molecule has 1 saturated heterocycles. The number of hydrogen-bond acceptors (Lipinski definition) is 3. The van der Waals surface area contributed by atoms with Gasteiger partial charge in [-0.15, -0.1) is 0 Å². The molecule has 4 nitrogen and oxygen atoms in total. The van der Waals surface area contributed by atoms with Crippen LogP contribution in [0.4, 0.5) is 0 Å². The highest BCUT2D eigenvalue weighted by atomic mass is 32.2. The van der Waals surface area contributed by atoms with Gasteiger partial charge < -0.3 is 5.73 Å². The van der Waals surface area contributed by atoms with Crippen molar-refractivity contribution >= 4 is 10.0 Å². The summed E-state index contributed by atoms with van der Waals surface area (Å²) in [5, 5.41) is 0. The monoisotopic (exact) mass is 336 g/mol. The van der Waals surface area contributed by atoms with Gasteiger partial charge in [0, 0.05) is 12.6 Å². The summed E-state index contributed by atoms with van der Waals surface area (Å²) in [6.45, 7) is 3.07. The molecule has 0 amide bonds. The molecule has 0 radical (unpaired) electrons. The second-order valence-electron chi connectivity index (χ2n) is 7.17. The van der Waals surface area contributed by atoms with Gasteiger partial charge in [0.05, 0.1) is 4.90 Å². The van der Waals surface area contributed by atoms with Gasteiger partial charge in [0.15, 0.2) is 0 Å². The van der Waals surface area contributed by atoms with E-state index < -0.39 is 10.0 Å². The average Bonchev–Trinajstić information content (AvgIpc) is 2.97. The SMILES string of the molecule is CC1CC(CN)CN1S(=O)(=O)c1ccc(C2CCCCC2)cc1. The molecule has 128 valence electrons.